The Labute approximate surface area is 136 Å². The zero-order valence-corrected chi connectivity index (χ0v) is 15.2. The standard InChI is InChI=1S/C19H34O3/c1-15(2)9-7-10-16(3)11-8-13-18(4,20)17-12-14-19(5,21-6)22-17/h9,11,17,20H,7-8,10,12-14H2,1-6H3/b16-11+/t17-,18+,19+/m0/s1. The minimum absolute atomic E-state index is 0.142. The van der Waals surface area contributed by atoms with Crippen LogP contribution in [0.3, 0.4) is 0 Å². The molecule has 0 aromatic rings. The smallest absolute Gasteiger partial charge is 0.165 e. The van der Waals surface area contributed by atoms with E-state index in [1.807, 2.05) is 13.8 Å². The second-order valence-corrected chi connectivity index (χ2v) is 7.25. The van der Waals surface area contributed by atoms with Crippen molar-refractivity contribution in [1.82, 2.24) is 0 Å². The van der Waals surface area contributed by atoms with E-state index >= 15 is 0 Å². The maximum Gasteiger partial charge on any atom is 0.165 e. The van der Waals surface area contributed by atoms with Gasteiger partial charge in [0.25, 0.3) is 0 Å². The summed E-state index contributed by atoms with van der Waals surface area (Å²) in [6.07, 6.45) is 9.85. The monoisotopic (exact) mass is 310 g/mol. The third-order valence-electron chi connectivity index (χ3n) is 4.61. The zero-order valence-electron chi connectivity index (χ0n) is 15.2. The molecule has 0 spiro atoms. The lowest BCUT2D eigenvalue weighted by Gasteiger charge is -2.32. The van der Waals surface area contributed by atoms with Crippen molar-refractivity contribution in [2.75, 3.05) is 7.11 Å². The van der Waals surface area contributed by atoms with E-state index in [9.17, 15) is 5.11 Å². The minimum atomic E-state index is -0.799. The van der Waals surface area contributed by atoms with Crippen molar-refractivity contribution in [2.45, 2.75) is 90.6 Å². The van der Waals surface area contributed by atoms with Crippen LogP contribution in [0.1, 0.15) is 73.1 Å². The molecule has 0 amide bonds. The Kier molecular flexibility index (Phi) is 7.30. The first kappa shape index (κ1) is 19.4. The van der Waals surface area contributed by atoms with Gasteiger partial charge < -0.3 is 14.6 Å². The van der Waals surface area contributed by atoms with Gasteiger partial charge in [0.15, 0.2) is 5.79 Å². The molecule has 22 heavy (non-hydrogen) atoms. The average Bonchev–Trinajstić information content (AvgIpc) is 2.82. The number of hydrogen-bond acceptors (Lipinski definition) is 3. The van der Waals surface area contributed by atoms with Crippen LogP contribution >= 0.6 is 0 Å². The topological polar surface area (TPSA) is 38.7 Å². The molecule has 0 aromatic carbocycles. The molecule has 1 heterocycles. The highest BCUT2D eigenvalue weighted by atomic mass is 16.7. The Balaban J connectivity index is 2.41. The Bertz CT molecular complexity index is 405. The molecule has 0 unspecified atom stereocenters. The fourth-order valence-electron chi connectivity index (χ4n) is 2.86. The molecule has 0 aromatic heterocycles. The summed E-state index contributed by atoms with van der Waals surface area (Å²) in [5, 5.41) is 10.7. The van der Waals surface area contributed by atoms with Gasteiger partial charge in [-0.25, -0.2) is 0 Å². The van der Waals surface area contributed by atoms with Crippen LogP contribution in [0, 0.1) is 0 Å². The SMILES string of the molecule is CO[C@@]1(C)CC[C@@H]([C@](C)(O)CC/C=C(\C)CCC=C(C)C)O1. The van der Waals surface area contributed by atoms with Gasteiger partial charge in [0.1, 0.15) is 0 Å². The first-order valence-electron chi connectivity index (χ1n) is 8.43. The molecule has 3 heteroatoms. The molecule has 128 valence electrons. The molecule has 0 aliphatic carbocycles. The molecule has 1 aliphatic heterocycles. The Hall–Kier alpha value is -0.640. The molecule has 0 radical (unpaired) electrons. The molecule has 1 aliphatic rings. The van der Waals surface area contributed by atoms with E-state index in [0.717, 1.165) is 38.5 Å². The van der Waals surface area contributed by atoms with E-state index in [1.165, 1.54) is 11.1 Å². The van der Waals surface area contributed by atoms with E-state index in [-0.39, 0.29) is 6.10 Å². The first-order chi connectivity index (χ1) is 10.2. The molecule has 1 saturated heterocycles. The summed E-state index contributed by atoms with van der Waals surface area (Å²) < 4.78 is 11.3. The van der Waals surface area contributed by atoms with Crippen LogP contribution in [-0.2, 0) is 9.47 Å². The Morgan fingerprint density at radius 2 is 2.00 bits per heavy atom. The second-order valence-electron chi connectivity index (χ2n) is 7.25. The van der Waals surface area contributed by atoms with Gasteiger partial charge in [-0.3, -0.25) is 0 Å². The third kappa shape index (κ3) is 6.23. The van der Waals surface area contributed by atoms with Crippen molar-refractivity contribution in [3.8, 4) is 0 Å². The molecular formula is C19H34O3. The minimum Gasteiger partial charge on any atom is -0.387 e. The van der Waals surface area contributed by atoms with Crippen molar-refractivity contribution in [3.63, 3.8) is 0 Å². The van der Waals surface area contributed by atoms with Crippen molar-refractivity contribution < 1.29 is 14.6 Å². The maximum absolute atomic E-state index is 10.7. The van der Waals surface area contributed by atoms with Crippen molar-refractivity contribution in [3.05, 3.63) is 23.3 Å². The average molecular weight is 310 g/mol. The van der Waals surface area contributed by atoms with Crippen LogP contribution in [-0.4, -0.2) is 29.7 Å². The Morgan fingerprint density at radius 1 is 1.32 bits per heavy atom. The highest BCUT2D eigenvalue weighted by Gasteiger charge is 2.44. The van der Waals surface area contributed by atoms with Gasteiger partial charge in [0.05, 0.1) is 11.7 Å². The van der Waals surface area contributed by atoms with Crippen LogP contribution in [0.5, 0.6) is 0 Å². The van der Waals surface area contributed by atoms with Crippen LogP contribution in [0.25, 0.3) is 0 Å². The molecular weight excluding hydrogens is 276 g/mol. The number of ether oxygens (including phenoxy) is 2. The summed E-state index contributed by atoms with van der Waals surface area (Å²) in [5.74, 6) is -0.537. The van der Waals surface area contributed by atoms with Crippen LogP contribution in [0.15, 0.2) is 23.3 Å². The highest BCUT2D eigenvalue weighted by Crippen LogP contribution is 2.37. The summed E-state index contributed by atoms with van der Waals surface area (Å²) in [7, 11) is 1.66. The van der Waals surface area contributed by atoms with Gasteiger partial charge in [-0.1, -0.05) is 23.3 Å². The summed E-state index contributed by atoms with van der Waals surface area (Å²) >= 11 is 0. The molecule has 3 nitrogen and oxygen atoms in total. The van der Waals surface area contributed by atoms with Crippen LogP contribution in [0.4, 0.5) is 0 Å². The largest absolute Gasteiger partial charge is 0.387 e. The van der Waals surface area contributed by atoms with Gasteiger partial charge in [-0.15, -0.1) is 0 Å². The van der Waals surface area contributed by atoms with Crippen molar-refractivity contribution >= 4 is 0 Å². The summed E-state index contributed by atoms with van der Waals surface area (Å²) in [6.45, 7) is 10.3. The first-order valence-corrected chi connectivity index (χ1v) is 8.43. The molecule has 1 N–H and O–H groups in total. The quantitative estimate of drug-likeness (QED) is 0.657. The molecule has 1 rings (SSSR count). The van der Waals surface area contributed by atoms with Gasteiger partial charge in [0, 0.05) is 13.5 Å². The predicted molar refractivity (Wildman–Crippen MR) is 91.8 cm³/mol. The summed E-state index contributed by atoms with van der Waals surface area (Å²) in [6, 6.07) is 0. The highest BCUT2D eigenvalue weighted by molar-refractivity contribution is 5.03. The Morgan fingerprint density at radius 3 is 2.55 bits per heavy atom. The lowest BCUT2D eigenvalue weighted by atomic mass is 9.91. The number of aliphatic hydroxyl groups is 1. The predicted octanol–water partition coefficient (Wildman–Crippen LogP) is 4.75. The maximum atomic E-state index is 10.7. The molecule has 1 fully saturated rings. The number of rotatable bonds is 8. The van der Waals surface area contributed by atoms with E-state index in [0.29, 0.717) is 0 Å². The number of allylic oxidation sites excluding steroid dienone is 4. The third-order valence-corrected chi connectivity index (χ3v) is 4.61. The van der Waals surface area contributed by atoms with Gasteiger partial charge in [0.2, 0.25) is 0 Å². The van der Waals surface area contributed by atoms with E-state index in [1.54, 1.807) is 7.11 Å². The van der Waals surface area contributed by atoms with E-state index < -0.39 is 11.4 Å². The summed E-state index contributed by atoms with van der Waals surface area (Å²) in [5.41, 5.74) is 1.96. The number of methoxy groups -OCH3 is 1. The molecule has 3 atom stereocenters. The van der Waals surface area contributed by atoms with Crippen molar-refractivity contribution in [2.24, 2.45) is 0 Å². The molecule has 0 saturated carbocycles. The van der Waals surface area contributed by atoms with Gasteiger partial charge >= 0.3 is 0 Å². The number of hydrogen-bond donors (Lipinski definition) is 1. The molecule has 0 bridgehead atoms. The fraction of sp³-hybridized carbons (Fsp3) is 0.789. The van der Waals surface area contributed by atoms with Gasteiger partial charge in [-0.2, -0.15) is 0 Å². The normalized spacial score (nSPS) is 28.5. The van der Waals surface area contributed by atoms with Crippen LogP contribution < -0.4 is 0 Å². The lowest BCUT2D eigenvalue weighted by molar-refractivity contribution is -0.227. The lowest BCUT2D eigenvalue weighted by Crippen LogP contribution is -2.41. The van der Waals surface area contributed by atoms with E-state index in [4.69, 9.17) is 9.47 Å². The van der Waals surface area contributed by atoms with E-state index in [2.05, 4.69) is 32.9 Å². The van der Waals surface area contributed by atoms with Crippen molar-refractivity contribution in [1.29, 1.82) is 0 Å². The van der Waals surface area contributed by atoms with Gasteiger partial charge in [-0.05, 0) is 66.7 Å². The van der Waals surface area contributed by atoms with Crippen LogP contribution in [0.2, 0.25) is 0 Å². The second kappa shape index (κ2) is 8.28. The zero-order chi connectivity index (χ0) is 16.8. The fourth-order valence-corrected chi connectivity index (χ4v) is 2.86. The summed E-state index contributed by atoms with van der Waals surface area (Å²) in [4.78, 5) is 0.